The molecule has 20 heavy (non-hydrogen) atoms. The standard InChI is InChI=1S/C11H24NO7P/c1-2-3-4-5-10(15)11(6-12)19-20(16,17)18-8-9(14)7-13/h9,11,13-14H,2-8,12H2,1H3,(H,16,17)/t9-,11?/m1/s1. The molecule has 0 rings (SSSR count). The number of carbonyl (C=O) groups excluding carboxylic acids is 1. The van der Waals surface area contributed by atoms with Gasteiger partial charge in [0.05, 0.1) is 13.2 Å². The summed E-state index contributed by atoms with van der Waals surface area (Å²) in [5, 5.41) is 17.6. The first-order chi connectivity index (χ1) is 9.36. The van der Waals surface area contributed by atoms with Crippen LogP contribution in [-0.4, -0.2) is 52.9 Å². The lowest BCUT2D eigenvalue weighted by molar-refractivity contribution is -0.126. The second kappa shape index (κ2) is 10.4. The van der Waals surface area contributed by atoms with Crippen LogP contribution in [0.1, 0.15) is 32.6 Å². The van der Waals surface area contributed by atoms with Crippen LogP contribution in [0, 0.1) is 0 Å². The van der Waals surface area contributed by atoms with Gasteiger partial charge in [0.2, 0.25) is 0 Å². The predicted octanol–water partition coefficient (Wildman–Crippen LogP) is -0.0501. The molecular formula is C11H24NO7P. The Labute approximate surface area is 118 Å². The average Bonchev–Trinajstić information content (AvgIpc) is 2.42. The zero-order valence-electron chi connectivity index (χ0n) is 11.6. The number of ketones is 1. The van der Waals surface area contributed by atoms with Crippen LogP contribution < -0.4 is 5.73 Å². The van der Waals surface area contributed by atoms with Gasteiger partial charge >= 0.3 is 7.82 Å². The molecule has 0 fully saturated rings. The number of nitrogens with two attached hydrogens (primary N) is 1. The lowest BCUT2D eigenvalue weighted by atomic mass is 10.1. The molecule has 0 saturated carbocycles. The second-order valence-corrected chi connectivity index (χ2v) is 5.76. The number of Topliss-reactive ketones (excluding diaryl/α,β-unsaturated/α-hetero) is 1. The third-order valence-corrected chi connectivity index (χ3v) is 3.50. The molecule has 0 aliphatic rings. The van der Waals surface area contributed by atoms with Gasteiger partial charge in [0, 0.05) is 13.0 Å². The number of carbonyl (C=O) groups is 1. The highest BCUT2D eigenvalue weighted by molar-refractivity contribution is 7.47. The van der Waals surface area contributed by atoms with Crippen molar-refractivity contribution in [2.75, 3.05) is 19.8 Å². The number of phosphoric ester groups is 1. The Bertz CT molecular complexity index is 326. The second-order valence-electron chi connectivity index (χ2n) is 4.35. The van der Waals surface area contributed by atoms with Crippen LogP contribution in [-0.2, 0) is 18.4 Å². The maximum absolute atomic E-state index is 11.7. The van der Waals surface area contributed by atoms with Crippen molar-refractivity contribution >= 4 is 13.6 Å². The monoisotopic (exact) mass is 313 g/mol. The molecular weight excluding hydrogens is 289 g/mol. The molecule has 0 amide bonds. The number of unbranched alkanes of at least 4 members (excludes halogenated alkanes) is 2. The molecule has 0 heterocycles. The third-order valence-electron chi connectivity index (χ3n) is 2.50. The highest BCUT2D eigenvalue weighted by atomic mass is 31.2. The zero-order chi connectivity index (χ0) is 15.6. The van der Waals surface area contributed by atoms with Crippen LogP contribution in [0.4, 0.5) is 0 Å². The van der Waals surface area contributed by atoms with Gasteiger partial charge in [0.1, 0.15) is 12.2 Å². The van der Waals surface area contributed by atoms with E-state index in [-0.39, 0.29) is 18.7 Å². The molecule has 0 aromatic carbocycles. The molecule has 0 radical (unpaired) electrons. The SMILES string of the molecule is CCCCCC(=O)C(CN)OP(=O)(O)OC[C@H](O)CO. The van der Waals surface area contributed by atoms with Crippen molar-refractivity contribution in [1.82, 2.24) is 0 Å². The molecule has 0 spiro atoms. The van der Waals surface area contributed by atoms with Crippen molar-refractivity contribution in [3.8, 4) is 0 Å². The zero-order valence-corrected chi connectivity index (χ0v) is 12.5. The number of aliphatic hydroxyl groups excluding tert-OH is 2. The van der Waals surface area contributed by atoms with Crippen molar-refractivity contribution in [2.24, 2.45) is 5.73 Å². The highest BCUT2D eigenvalue weighted by Gasteiger charge is 2.30. The molecule has 9 heteroatoms. The van der Waals surface area contributed by atoms with Crippen molar-refractivity contribution < 1.29 is 33.5 Å². The minimum absolute atomic E-state index is 0.217. The van der Waals surface area contributed by atoms with E-state index in [1.807, 2.05) is 6.92 Å². The fourth-order valence-electron chi connectivity index (χ4n) is 1.37. The summed E-state index contributed by atoms with van der Waals surface area (Å²) < 4.78 is 20.7. The summed E-state index contributed by atoms with van der Waals surface area (Å²) in [5.74, 6) is -0.360. The summed E-state index contributed by atoms with van der Waals surface area (Å²) >= 11 is 0. The van der Waals surface area contributed by atoms with Crippen molar-refractivity contribution in [2.45, 2.75) is 44.8 Å². The summed E-state index contributed by atoms with van der Waals surface area (Å²) in [7, 11) is -4.50. The minimum Gasteiger partial charge on any atom is -0.394 e. The van der Waals surface area contributed by atoms with Gasteiger partial charge in [-0.05, 0) is 6.42 Å². The van der Waals surface area contributed by atoms with Gasteiger partial charge in [-0.3, -0.25) is 13.8 Å². The van der Waals surface area contributed by atoms with Gasteiger partial charge in [-0.25, -0.2) is 4.57 Å². The molecule has 2 unspecified atom stereocenters. The number of hydrogen-bond acceptors (Lipinski definition) is 7. The maximum atomic E-state index is 11.7. The lowest BCUT2D eigenvalue weighted by Gasteiger charge is -2.19. The minimum atomic E-state index is -4.50. The summed E-state index contributed by atoms with van der Waals surface area (Å²) in [6.07, 6.45) is 0.190. The third kappa shape index (κ3) is 8.76. The predicted molar refractivity (Wildman–Crippen MR) is 71.9 cm³/mol. The van der Waals surface area contributed by atoms with E-state index in [4.69, 9.17) is 20.5 Å². The molecule has 120 valence electrons. The van der Waals surface area contributed by atoms with Crippen molar-refractivity contribution in [1.29, 1.82) is 0 Å². The van der Waals surface area contributed by atoms with E-state index in [0.717, 1.165) is 12.8 Å². The molecule has 0 aromatic heterocycles. The quantitative estimate of drug-likeness (QED) is 0.290. The van der Waals surface area contributed by atoms with Gasteiger partial charge in [-0.15, -0.1) is 0 Å². The Balaban J connectivity index is 4.31. The molecule has 0 saturated heterocycles. The summed E-state index contributed by atoms with van der Waals surface area (Å²) in [4.78, 5) is 21.1. The van der Waals surface area contributed by atoms with Crippen LogP contribution in [0.25, 0.3) is 0 Å². The fourth-order valence-corrected chi connectivity index (χ4v) is 2.31. The van der Waals surface area contributed by atoms with Crippen LogP contribution in [0.5, 0.6) is 0 Å². The molecule has 3 atom stereocenters. The molecule has 0 aromatic rings. The van der Waals surface area contributed by atoms with Gasteiger partial charge in [-0.1, -0.05) is 19.8 Å². The summed E-state index contributed by atoms with van der Waals surface area (Å²) in [6.45, 7) is 0.562. The fraction of sp³-hybridized carbons (Fsp3) is 0.909. The van der Waals surface area contributed by atoms with Gasteiger partial charge in [0.25, 0.3) is 0 Å². The first kappa shape index (κ1) is 19.7. The number of hydrogen-bond donors (Lipinski definition) is 4. The van der Waals surface area contributed by atoms with Crippen LogP contribution >= 0.6 is 7.82 Å². The first-order valence-corrected chi connectivity index (χ1v) is 8.03. The number of aliphatic hydroxyl groups is 2. The van der Waals surface area contributed by atoms with Gasteiger partial charge < -0.3 is 20.8 Å². The Hall–Kier alpha value is -0.340. The molecule has 0 aliphatic heterocycles. The van der Waals surface area contributed by atoms with E-state index in [0.29, 0.717) is 6.42 Å². The molecule has 0 bridgehead atoms. The average molecular weight is 313 g/mol. The van der Waals surface area contributed by atoms with E-state index in [1.165, 1.54) is 0 Å². The van der Waals surface area contributed by atoms with Crippen molar-refractivity contribution in [3.05, 3.63) is 0 Å². The van der Waals surface area contributed by atoms with E-state index >= 15 is 0 Å². The Morgan fingerprint density at radius 3 is 2.55 bits per heavy atom. The number of phosphoric acid groups is 1. The Kier molecular flexibility index (Phi) is 10.2. The summed E-state index contributed by atoms with van der Waals surface area (Å²) in [5.41, 5.74) is 5.34. The Morgan fingerprint density at radius 1 is 1.40 bits per heavy atom. The van der Waals surface area contributed by atoms with E-state index in [9.17, 15) is 14.3 Å². The van der Waals surface area contributed by atoms with Crippen LogP contribution in [0.2, 0.25) is 0 Å². The van der Waals surface area contributed by atoms with Gasteiger partial charge in [-0.2, -0.15) is 0 Å². The molecule has 0 aliphatic carbocycles. The first-order valence-electron chi connectivity index (χ1n) is 6.53. The maximum Gasteiger partial charge on any atom is 0.473 e. The lowest BCUT2D eigenvalue weighted by Crippen LogP contribution is -2.32. The van der Waals surface area contributed by atoms with Gasteiger partial charge in [0.15, 0.2) is 5.78 Å². The molecule has 8 nitrogen and oxygen atoms in total. The smallest absolute Gasteiger partial charge is 0.394 e. The van der Waals surface area contributed by atoms with E-state index < -0.39 is 33.2 Å². The van der Waals surface area contributed by atoms with E-state index in [1.54, 1.807) is 0 Å². The normalized spacial score (nSPS) is 17.4. The van der Waals surface area contributed by atoms with E-state index in [2.05, 4.69) is 4.52 Å². The van der Waals surface area contributed by atoms with Crippen LogP contribution in [0.15, 0.2) is 0 Å². The topological polar surface area (TPSA) is 139 Å². The Morgan fingerprint density at radius 2 is 2.05 bits per heavy atom. The van der Waals surface area contributed by atoms with Crippen molar-refractivity contribution in [3.63, 3.8) is 0 Å². The molecule has 5 N–H and O–H groups in total. The summed E-state index contributed by atoms with van der Waals surface area (Å²) in [6, 6.07) is 0. The van der Waals surface area contributed by atoms with Crippen LogP contribution in [0.3, 0.4) is 0 Å². The largest absolute Gasteiger partial charge is 0.473 e. The highest BCUT2D eigenvalue weighted by Crippen LogP contribution is 2.44. The number of rotatable bonds is 12.